The summed E-state index contributed by atoms with van der Waals surface area (Å²) in [7, 11) is -1.52. The molecule has 20 heavy (non-hydrogen) atoms. The highest BCUT2D eigenvalue weighted by Crippen LogP contribution is 2.19. The molecule has 110 valence electrons. The van der Waals surface area contributed by atoms with Gasteiger partial charge in [-0.25, -0.2) is 13.2 Å². The number of hydrogen-bond acceptors (Lipinski definition) is 5. The second kappa shape index (κ2) is 6.13. The SMILES string of the molecule is COC(=O)Nc1ccc(NC2CCS(=O)(=O)CC2)cc1. The number of rotatable bonds is 3. The van der Waals surface area contributed by atoms with Gasteiger partial charge in [0.05, 0.1) is 18.6 Å². The van der Waals surface area contributed by atoms with Gasteiger partial charge in [-0.3, -0.25) is 5.32 Å². The van der Waals surface area contributed by atoms with Crippen LogP contribution in [0.2, 0.25) is 0 Å². The lowest BCUT2D eigenvalue weighted by atomic mass is 10.1. The summed E-state index contributed by atoms with van der Waals surface area (Å²) in [5, 5.41) is 5.87. The molecule has 2 rings (SSSR count). The summed E-state index contributed by atoms with van der Waals surface area (Å²) in [6.45, 7) is 0. The van der Waals surface area contributed by atoms with Crippen molar-refractivity contribution in [3.05, 3.63) is 24.3 Å². The van der Waals surface area contributed by atoms with E-state index in [1.54, 1.807) is 12.1 Å². The number of nitrogens with one attached hydrogen (secondary N) is 2. The minimum absolute atomic E-state index is 0.179. The van der Waals surface area contributed by atoms with Gasteiger partial charge in [-0.05, 0) is 37.1 Å². The molecule has 0 spiro atoms. The molecule has 0 aliphatic carbocycles. The Morgan fingerprint density at radius 2 is 1.70 bits per heavy atom. The topological polar surface area (TPSA) is 84.5 Å². The van der Waals surface area contributed by atoms with Crippen LogP contribution in [-0.2, 0) is 14.6 Å². The van der Waals surface area contributed by atoms with Crippen molar-refractivity contribution >= 4 is 27.3 Å². The Kier molecular flexibility index (Phi) is 4.49. The third-order valence-corrected chi connectivity index (χ3v) is 4.96. The third-order valence-electron chi connectivity index (χ3n) is 3.24. The molecule has 1 aliphatic rings. The summed E-state index contributed by atoms with van der Waals surface area (Å²) in [6.07, 6.45) is 0.748. The van der Waals surface area contributed by atoms with Crippen LogP contribution < -0.4 is 10.6 Å². The Bertz CT molecular complexity index is 555. The molecule has 1 heterocycles. The number of amides is 1. The van der Waals surface area contributed by atoms with E-state index in [0.717, 1.165) is 5.69 Å². The average Bonchev–Trinajstić information content (AvgIpc) is 2.43. The zero-order chi connectivity index (χ0) is 14.6. The Morgan fingerprint density at radius 3 is 2.25 bits per heavy atom. The standard InChI is InChI=1S/C13H18N2O4S/c1-19-13(16)15-11-4-2-10(3-5-11)14-12-6-8-20(17,18)9-7-12/h2-5,12,14H,6-9H2,1H3,(H,15,16). The molecule has 1 saturated heterocycles. The average molecular weight is 298 g/mol. The first-order valence-electron chi connectivity index (χ1n) is 6.40. The lowest BCUT2D eigenvalue weighted by Crippen LogP contribution is -2.32. The monoisotopic (exact) mass is 298 g/mol. The molecule has 2 N–H and O–H groups in total. The number of carbonyl (C=O) groups is 1. The number of ether oxygens (including phenoxy) is 1. The number of hydrogen-bond donors (Lipinski definition) is 2. The van der Waals surface area contributed by atoms with Crippen molar-refractivity contribution in [2.24, 2.45) is 0 Å². The van der Waals surface area contributed by atoms with Crippen LogP contribution in [0, 0.1) is 0 Å². The number of carbonyl (C=O) groups excluding carboxylic acids is 1. The molecular weight excluding hydrogens is 280 g/mol. The zero-order valence-corrected chi connectivity index (χ0v) is 12.1. The zero-order valence-electron chi connectivity index (χ0n) is 11.3. The Hall–Kier alpha value is -1.76. The predicted octanol–water partition coefficient (Wildman–Crippen LogP) is 1.85. The van der Waals surface area contributed by atoms with E-state index in [2.05, 4.69) is 15.4 Å². The lowest BCUT2D eigenvalue weighted by Gasteiger charge is -2.24. The van der Waals surface area contributed by atoms with Crippen LogP contribution in [0.15, 0.2) is 24.3 Å². The Labute approximate surface area is 118 Å². The highest BCUT2D eigenvalue weighted by atomic mass is 32.2. The number of methoxy groups -OCH3 is 1. The van der Waals surface area contributed by atoms with Gasteiger partial charge >= 0.3 is 6.09 Å². The van der Waals surface area contributed by atoms with E-state index in [9.17, 15) is 13.2 Å². The summed E-state index contributed by atoms with van der Waals surface area (Å²) in [6, 6.07) is 7.39. The van der Waals surface area contributed by atoms with E-state index in [-0.39, 0.29) is 17.5 Å². The van der Waals surface area contributed by atoms with E-state index in [1.807, 2.05) is 12.1 Å². The van der Waals surface area contributed by atoms with Crippen molar-refractivity contribution < 1.29 is 17.9 Å². The van der Waals surface area contributed by atoms with Crippen LogP contribution in [0.5, 0.6) is 0 Å². The van der Waals surface area contributed by atoms with E-state index in [4.69, 9.17) is 0 Å². The minimum Gasteiger partial charge on any atom is -0.453 e. The predicted molar refractivity (Wildman–Crippen MR) is 77.8 cm³/mol. The van der Waals surface area contributed by atoms with Crippen molar-refractivity contribution in [1.29, 1.82) is 0 Å². The summed E-state index contributed by atoms with van der Waals surface area (Å²) in [4.78, 5) is 11.0. The molecule has 1 fully saturated rings. The number of benzene rings is 1. The maximum Gasteiger partial charge on any atom is 0.411 e. The van der Waals surface area contributed by atoms with Gasteiger partial charge in [0.25, 0.3) is 0 Å². The van der Waals surface area contributed by atoms with E-state index < -0.39 is 15.9 Å². The summed E-state index contributed by atoms with van der Waals surface area (Å²) >= 11 is 0. The van der Waals surface area contributed by atoms with E-state index >= 15 is 0 Å². The molecule has 1 aromatic carbocycles. The highest BCUT2D eigenvalue weighted by molar-refractivity contribution is 7.91. The second-order valence-electron chi connectivity index (χ2n) is 4.76. The quantitative estimate of drug-likeness (QED) is 0.889. The fraction of sp³-hybridized carbons (Fsp3) is 0.462. The molecule has 0 radical (unpaired) electrons. The van der Waals surface area contributed by atoms with Crippen molar-refractivity contribution in [2.45, 2.75) is 18.9 Å². The van der Waals surface area contributed by atoms with Gasteiger partial charge in [-0.15, -0.1) is 0 Å². The van der Waals surface area contributed by atoms with Gasteiger partial charge in [0.1, 0.15) is 9.84 Å². The summed E-state index contributed by atoms with van der Waals surface area (Å²) in [5.74, 6) is 0.485. The van der Waals surface area contributed by atoms with Crippen LogP contribution in [0.3, 0.4) is 0 Å². The van der Waals surface area contributed by atoms with Crippen molar-refractivity contribution in [3.63, 3.8) is 0 Å². The maximum atomic E-state index is 11.3. The Balaban J connectivity index is 1.89. The minimum atomic E-state index is -2.83. The molecular formula is C13H18N2O4S. The van der Waals surface area contributed by atoms with Crippen LogP contribution in [0.4, 0.5) is 16.2 Å². The fourth-order valence-corrected chi connectivity index (χ4v) is 3.58. The molecule has 0 atom stereocenters. The molecule has 0 saturated carbocycles. The van der Waals surface area contributed by atoms with Crippen molar-refractivity contribution in [1.82, 2.24) is 0 Å². The van der Waals surface area contributed by atoms with Gasteiger partial charge in [-0.1, -0.05) is 0 Å². The first-order chi connectivity index (χ1) is 9.48. The molecule has 0 bridgehead atoms. The van der Waals surface area contributed by atoms with Crippen LogP contribution in [0.1, 0.15) is 12.8 Å². The number of anilines is 2. The first-order valence-corrected chi connectivity index (χ1v) is 8.23. The highest BCUT2D eigenvalue weighted by Gasteiger charge is 2.23. The van der Waals surface area contributed by atoms with Crippen molar-refractivity contribution in [2.75, 3.05) is 29.2 Å². The molecule has 0 aromatic heterocycles. The smallest absolute Gasteiger partial charge is 0.411 e. The van der Waals surface area contributed by atoms with Gasteiger partial charge in [0.15, 0.2) is 0 Å². The second-order valence-corrected chi connectivity index (χ2v) is 7.07. The van der Waals surface area contributed by atoms with Crippen LogP contribution in [0.25, 0.3) is 0 Å². The Morgan fingerprint density at radius 1 is 1.15 bits per heavy atom. The molecule has 1 aliphatic heterocycles. The molecule has 1 aromatic rings. The van der Waals surface area contributed by atoms with E-state index in [1.165, 1.54) is 7.11 Å². The third kappa shape index (κ3) is 4.12. The largest absolute Gasteiger partial charge is 0.453 e. The van der Waals surface area contributed by atoms with Gasteiger partial charge in [-0.2, -0.15) is 0 Å². The first kappa shape index (κ1) is 14.6. The molecule has 7 heteroatoms. The molecule has 0 unspecified atom stereocenters. The van der Waals surface area contributed by atoms with Crippen LogP contribution >= 0.6 is 0 Å². The van der Waals surface area contributed by atoms with Gasteiger partial charge in [0.2, 0.25) is 0 Å². The maximum absolute atomic E-state index is 11.3. The van der Waals surface area contributed by atoms with Crippen molar-refractivity contribution in [3.8, 4) is 0 Å². The fourth-order valence-electron chi connectivity index (χ4n) is 2.09. The van der Waals surface area contributed by atoms with E-state index in [0.29, 0.717) is 18.5 Å². The summed E-state index contributed by atoms with van der Waals surface area (Å²) in [5.41, 5.74) is 1.55. The van der Waals surface area contributed by atoms with Crippen LogP contribution in [-0.4, -0.2) is 39.2 Å². The molecule has 1 amide bonds. The van der Waals surface area contributed by atoms with Gasteiger partial charge in [0, 0.05) is 17.4 Å². The lowest BCUT2D eigenvalue weighted by molar-refractivity contribution is 0.187. The normalized spacial score (nSPS) is 18.2. The number of sulfone groups is 1. The van der Waals surface area contributed by atoms with Gasteiger partial charge < -0.3 is 10.1 Å². The molecule has 6 nitrogen and oxygen atoms in total. The summed E-state index contributed by atoms with van der Waals surface area (Å²) < 4.78 is 27.2.